The maximum absolute atomic E-state index is 14.9. The fourth-order valence-corrected chi connectivity index (χ4v) is 4.70. The Balaban J connectivity index is 1.50. The number of alkyl halides is 1. The van der Waals surface area contributed by atoms with E-state index >= 15 is 0 Å². The molecule has 0 saturated carbocycles. The molecule has 0 aliphatic carbocycles. The average Bonchev–Trinajstić information content (AvgIpc) is 3.36. The van der Waals surface area contributed by atoms with Crippen molar-refractivity contribution in [2.45, 2.75) is 51.4 Å². The Kier molecular flexibility index (Phi) is 5.31. The van der Waals surface area contributed by atoms with Crippen LogP contribution in [-0.2, 0) is 6.54 Å². The predicted octanol–water partition coefficient (Wildman–Crippen LogP) is 2.48. The molecule has 1 aliphatic rings. The van der Waals surface area contributed by atoms with E-state index in [1.807, 2.05) is 36.2 Å². The van der Waals surface area contributed by atoms with E-state index in [4.69, 9.17) is 15.5 Å². The summed E-state index contributed by atoms with van der Waals surface area (Å²) < 4.78 is 23.6. The normalized spacial score (nSPS) is 19.3. The first-order chi connectivity index (χ1) is 16.1. The second-order valence-electron chi connectivity index (χ2n) is 9.58. The molecule has 11 heteroatoms. The van der Waals surface area contributed by atoms with E-state index in [1.165, 1.54) is 4.52 Å². The van der Waals surface area contributed by atoms with Crippen molar-refractivity contribution in [3.8, 4) is 5.75 Å². The summed E-state index contributed by atoms with van der Waals surface area (Å²) in [4.78, 5) is 11.2. The first-order valence-corrected chi connectivity index (χ1v) is 11.3. The third-order valence-electron chi connectivity index (χ3n) is 6.10. The van der Waals surface area contributed by atoms with E-state index in [0.717, 1.165) is 16.8 Å². The molecule has 3 aromatic heterocycles. The fourth-order valence-electron chi connectivity index (χ4n) is 4.70. The summed E-state index contributed by atoms with van der Waals surface area (Å²) in [5, 5.41) is 20.0. The predicted molar refractivity (Wildman–Crippen MR) is 127 cm³/mol. The van der Waals surface area contributed by atoms with Gasteiger partial charge in [-0.2, -0.15) is 9.61 Å². The zero-order valence-corrected chi connectivity index (χ0v) is 19.7. The van der Waals surface area contributed by atoms with Crippen molar-refractivity contribution in [1.29, 1.82) is 0 Å². The van der Waals surface area contributed by atoms with Gasteiger partial charge in [0, 0.05) is 30.6 Å². The number of rotatable bonds is 5. The number of benzene rings is 1. The van der Waals surface area contributed by atoms with Crippen LogP contribution in [0, 0.1) is 6.92 Å². The van der Waals surface area contributed by atoms with E-state index in [2.05, 4.69) is 15.2 Å². The highest BCUT2D eigenvalue weighted by molar-refractivity contribution is 5.95. The Hall–Kier alpha value is -3.47. The minimum absolute atomic E-state index is 0.193. The lowest BCUT2D eigenvalue weighted by atomic mass is 9.95. The van der Waals surface area contributed by atoms with Gasteiger partial charge in [0.25, 0.3) is 0 Å². The van der Waals surface area contributed by atoms with E-state index in [9.17, 15) is 9.50 Å². The molecule has 34 heavy (non-hydrogen) atoms. The van der Waals surface area contributed by atoms with E-state index in [-0.39, 0.29) is 18.4 Å². The number of fused-ring (bicyclic) bond motifs is 3. The molecular weight excluding hydrogens is 439 g/mol. The van der Waals surface area contributed by atoms with Crippen LogP contribution >= 0.6 is 0 Å². The number of para-hydroxylation sites is 1. The number of piperidine rings is 1. The average molecular weight is 469 g/mol. The lowest BCUT2D eigenvalue weighted by molar-refractivity contribution is 0.0577. The number of nitrogen functional groups attached to an aromatic ring is 1. The molecule has 0 radical (unpaired) electrons. The molecule has 1 saturated heterocycles. The van der Waals surface area contributed by atoms with Gasteiger partial charge in [-0.05, 0) is 39.3 Å². The standard InChI is InChI=1S/C23H29FN8O2/c1-13-17(11-31(28-13)12-23(2,3)33)30-9-14(8-15(24)10-30)20-27-21-16-6-5-7-18(34-4)19(16)26-22(25)32(21)29-20/h5-7,11,14-15,33H,8-10,12H2,1-4H3,(H2,25,26). The molecule has 1 aromatic carbocycles. The van der Waals surface area contributed by atoms with Crippen molar-refractivity contribution in [3.63, 3.8) is 0 Å². The molecule has 0 bridgehead atoms. The fraction of sp³-hybridized carbons (Fsp3) is 0.478. The van der Waals surface area contributed by atoms with E-state index in [0.29, 0.717) is 42.2 Å². The number of nitrogens with zero attached hydrogens (tertiary/aromatic N) is 7. The molecule has 4 heterocycles. The SMILES string of the molecule is COc1cccc2c1nc(N)n1nc(C3CC(F)CN(c4cn(CC(C)(C)O)nc4C)C3)nc21. The van der Waals surface area contributed by atoms with Crippen molar-refractivity contribution in [2.24, 2.45) is 0 Å². The Morgan fingerprint density at radius 2 is 2.03 bits per heavy atom. The van der Waals surface area contributed by atoms with Crippen LogP contribution in [0.4, 0.5) is 16.0 Å². The third-order valence-corrected chi connectivity index (χ3v) is 6.10. The van der Waals surface area contributed by atoms with Crippen LogP contribution in [-0.4, -0.2) is 66.4 Å². The first kappa shape index (κ1) is 22.3. The molecule has 1 fully saturated rings. The third kappa shape index (κ3) is 4.00. The highest BCUT2D eigenvalue weighted by atomic mass is 19.1. The summed E-state index contributed by atoms with van der Waals surface area (Å²) in [7, 11) is 1.58. The quantitative estimate of drug-likeness (QED) is 0.458. The molecule has 3 N–H and O–H groups in total. The number of hydrogen-bond acceptors (Lipinski definition) is 8. The smallest absolute Gasteiger partial charge is 0.223 e. The topological polar surface area (TPSA) is 120 Å². The van der Waals surface area contributed by atoms with Gasteiger partial charge in [0.1, 0.15) is 17.4 Å². The van der Waals surface area contributed by atoms with Gasteiger partial charge in [-0.1, -0.05) is 6.07 Å². The van der Waals surface area contributed by atoms with Crippen LogP contribution in [0.5, 0.6) is 5.75 Å². The van der Waals surface area contributed by atoms with E-state index < -0.39 is 11.8 Å². The number of aryl methyl sites for hydroxylation is 1. The number of anilines is 2. The van der Waals surface area contributed by atoms with Crippen LogP contribution < -0.4 is 15.4 Å². The molecular formula is C23H29FN8O2. The second-order valence-corrected chi connectivity index (χ2v) is 9.58. The first-order valence-electron chi connectivity index (χ1n) is 11.3. The van der Waals surface area contributed by atoms with Gasteiger partial charge in [-0.25, -0.2) is 14.4 Å². The summed E-state index contributed by atoms with van der Waals surface area (Å²) >= 11 is 0. The number of hydrogen-bond donors (Lipinski definition) is 2. The van der Waals surface area contributed by atoms with Crippen molar-refractivity contribution in [1.82, 2.24) is 29.4 Å². The molecule has 2 atom stereocenters. The van der Waals surface area contributed by atoms with Gasteiger partial charge in [0.2, 0.25) is 5.95 Å². The van der Waals surface area contributed by atoms with Crippen LogP contribution in [0.15, 0.2) is 24.4 Å². The molecule has 5 rings (SSSR count). The molecule has 2 unspecified atom stereocenters. The Bertz CT molecular complexity index is 1360. The maximum atomic E-state index is 14.9. The van der Waals surface area contributed by atoms with Gasteiger partial charge < -0.3 is 20.5 Å². The molecule has 10 nitrogen and oxygen atoms in total. The molecule has 1 aliphatic heterocycles. The lowest BCUT2D eigenvalue weighted by Crippen LogP contribution is -2.41. The van der Waals surface area contributed by atoms with Crippen LogP contribution in [0.25, 0.3) is 16.6 Å². The molecule has 0 spiro atoms. The van der Waals surface area contributed by atoms with Crippen LogP contribution in [0.2, 0.25) is 0 Å². The number of methoxy groups -OCH3 is 1. The zero-order valence-electron chi connectivity index (χ0n) is 19.7. The number of aromatic nitrogens is 6. The Morgan fingerprint density at radius 3 is 2.76 bits per heavy atom. The van der Waals surface area contributed by atoms with Crippen molar-refractivity contribution in [2.75, 3.05) is 30.8 Å². The highest BCUT2D eigenvalue weighted by Gasteiger charge is 2.33. The summed E-state index contributed by atoms with van der Waals surface area (Å²) in [5.74, 6) is 1.08. The number of halogens is 1. The summed E-state index contributed by atoms with van der Waals surface area (Å²) in [5.41, 5.74) is 8.09. The van der Waals surface area contributed by atoms with Crippen molar-refractivity contribution < 1.29 is 14.2 Å². The van der Waals surface area contributed by atoms with Crippen molar-refractivity contribution >= 4 is 28.2 Å². The monoisotopic (exact) mass is 468 g/mol. The molecule has 180 valence electrons. The van der Waals surface area contributed by atoms with Crippen LogP contribution in [0.1, 0.15) is 37.7 Å². The van der Waals surface area contributed by atoms with Gasteiger partial charge in [0.05, 0.1) is 30.6 Å². The van der Waals surface area contributed by atoms with Gasteiger partial charge in [-0.3, -0.25) is 4.68 Å². The van der Waals surface area contributed by atoms with Crippen molar-refractivity contribution in [3.05, 3.63) is 35.9 Å². The summed E-state index contributed by atoms with van der Waals surface area (Å²) in [6.45, 7) is 6.51. The number of ether oxygens (including phenoxy) is 1. The van der Waals surface area contributed by atoms with Gasteiger partial charge in [0.15, 0.2) is 11.5 Å². The van der Waals surface area contributed by atoms with Gasteiger partial charge >= 0.3 is 0 Å². The maximum Gasteiger partial charge on any atom is 0.223 e. The van der Waals surface area contributed by atoms with E-state index in [1.54, 1.807) is 25.6 Å². The largest absolute Gasteiger partial charge is 0.494 e. The van der Waals surface area contributed by atoms with Gasteiger partial charge in [-0.15, -0.1) is 5.10 Å². The lowest BCUT2D eigenvalue weighted by Gasteiger charge is -2.34. The minimum Gasteiger partial charge on any atom is -0.494 e. The number of aliphatic hydroxyl groups is 1. The Morgan fingerprint density at radius 1 is 1.24 bits per heavy atom. The number of nitrogens with two attached hydrogens (primary N) is 1. The minimum atomic E-state index is -1.05. The summed E-state index contributed by atoms with van der Waals surface area (Å²) in [6.07, 6.45) is 1.13. The molecule has 4 aromatic rings. The molecule has 0 amide bonds. The Labute approximate surface area is 196 Å². The van der Waals surface area contributed by atoms with Crippen LogP contribution in [0.3, 0.4) is 0 Å². The highest BCUT2D eigenvalue weighted by Crippen LogP contribution is 2.33. The summed E-state index contributed by atoms with van der Waals surface area (Å²) in [6, 6.07) is 5.57. The second kappa shape index (κ2) is 8.08. The zero-order chi connectivity index (χ0) is 24.2.